The number of hydrogen-bond acceptors (Lipinski definition) is 4. The van der Waals surface area contributed by atoms with Crippen LogP contribution in [0, 0.1) is 6.92 Å². The van der Waals surface area contributed by atoms with E-state index in [1.165, 1.54) is 6.26 Å². The van der Waals surface area contributed by atoms with Gasteiger partial charge in [-0.2, -0.15) is 0 Å². The molecule has 114 valence electrons. The third-order valence-electron chi connectivity index (χ3n) is 2.85. The zero-order valence-corrected chi connectivity index (χ0v) is 12.7. The third-order valence-corrected chi connectivity index (χ3v) is 3.06. The number of carbonyl (C=O) groups excluding carboxylic acids is 2. The quantitative estimate of drug-likeness (QED) is 0.590. The van der Waals surface area contributed by atoms with Crippen molar-refractivity contribution in [3.8, 4) is 0 Å². The number of amides is 2. The highest BCUT2D eigenvalue weighted by Gasteiger charge is 2.12. The lowest BCUT2D eigenvalue weighted by Crippen LogP contribution is -2.48. The van der Waals surface area contributed by atoms with Crippen LogP contribution in [0.5, 0.6) is 0 Å². The van der Waals surface area contributed by atoms with Crippen LogP contribution in [0.4, 0.5) is 0 Å². The van der Waals surface area contributed by atoms with Gasteiger partial charge >= 0.3 is 0 Å². The van der Waals surface area contributed by atoms with E-state index in [0.29, 0.717) is 11.3 Å². The molecule has 22 heavy (non-hydrogen) atoms. The Hall–Kier alpha value is -2.67. The Bertz CT molecular complexity index is 682. The smallest absolute Gasteiger partial charge is 0.273 e. The molecule has 2 amide bonds. The minimum Gasteiger partial charge on any atom is -0.469 e. The van der Waals surface area contributed by atoms with Crippen molar-refractivity contribution in [2.75, 3.05) is 0 Å². The first kappa shape index (κ1) is 15.7. The molecule has 0 atom stereocenters. The summed E-state index contributed by atoms with van der Waals surface area (Å²) >= 11 is 4.95. The van der Waals surface area contributed by atoms with Crippen molar-refractivity contribution in [3.63, 3.8) is 0 Å². The molecule has 0 aliphatic carbocycles. The lowest BCUT2D eigenvalue weighted by Gasteiger charge is -2.10. The maximum Gasteiger partial charge on any atom is 0.273 e. The van der Waals surface area contributed by atoms with E-state index in [-0.39, 0.29) is 17.4 Å². The number of aryl methyl sites for hydroxylation is 1. The van der Waals surface area contributed by atoms with Crippen LogP contribution in [0.1, 0.15) is 21.7 Å². The van der Waals surface area contributed by atoms with Gasteiger partial charge in [0.05, 0.1) is 18.2 Å². The van der Waals surface area contributed by atoms with E-state index in [4.69, 9.17) is 16.6 Å². The molecule has 6 nitrogen and oxygen atoms in total. The summed E-state index contributed by atoms with van der Waals surface area (Å²) in [5, 5.41) is 2.51. The van der Waals surface area contributed by atoms with Crippen LogP contribution in [0.15, 0.2) is 47.1 Å². The second kappa shape index (κ2) is 7.37. The first-order valence-electron chi connectivity index (χ1n) is 6.54. The molecule has 1 aromatic carbocycles. The van der Waals surface area contributed by atoms with Crippen molar-refractivity contribution < 1.29 is 14.0 Å². The lowest BCUT2D eigenvalue weighted by molar-refractivity contribution is -0.119. The van der Waals surface area contributed by atoms with E-state index in [0.717, 1.165) is 5.56 Å². The molecule has 3 N–H and O–H groups in total. The molecular formula is C15H15N3O3S. The fraction of sp³-hybridized carbons (Fsp3) is 0.133. The van der Waals surface area contributed by atoms with Gasteiger partial charge in [0.2, 0.25) is 5.91 Å². The molecule has 0 saturated heterocycles. The number of hydrogen-bond donors (Lipinski definition) is 3. The van der Waals surface area contributed by atoms with E-state index in [9.17, 15) is 9.59 Å². The highest BCUT2D eigenvalue weighted by Crippen LogP contribution is 2.07. The van der Waals surface area contributed by atoms with Gasteiger partial charge in [0.25, 0.3) is 5.91 Å². The van der Waals surface area contributed by atoms with E-state index in [1.807, 2.05) is 30.3 Å². The fourth-order valence-corrected chi connectivity index (χ4v) is 1.95. The summed E-state index contributed by atoms with van der Waals surface area (Å²) in [6.45, 7) is 1.68. The summed E-state index contributed by atoms with van der Waals surface area (Å²) < 4.78 is 5.03. The molecule has 0 aliphatic heterocycles. The molecular weight excluding hydrogens is 302 g/mol. The molecule has 0 radical (unpaired) electrons. The molecule has 1 heterocycles. The summed E-state index contributed by atoms with van der Waals surface area (Å²) in [5.41, 5.74) is 6.13. The highest BCUT2D eigenvalue weighted by molar-refractivity contribution is 7.80. The van der Waals surface area contributed by atoms with Crippen molar-refractivity contribution >= 4 is 29.1 Å². The monoisotopic (exact) mass is 317 g/mol. The van der Waals surface area contributed by atoms with Gasteiger partial charge in [-0.15, -0.1) is 0 Å². The van der Waals surface area contributed by atoms with Crippen molar-refractivity contribution in [1.82, 2.24) is 16.2 Å². The molecule has 7 heteroatoms. The average Bonchev–Trinajstić information content (AvgIpc) is 2.92. The normalized spacial score (nSPS) is 9.86. The number of nitrogens with one attached hydrogen (secondary N) is 3. The Morgan fingerprint density at radius 1 is 1.14 bits per heavy atom. The molecule has 2 aromatic rings. The van der Waals surface area contributed by atoms with Gasteiger partial charge in [0, 0.05) is 0 Å². The summed E-state index contributed by atoms with van der Waals surface area (Å²) in [6, 6.07) is 10.8. The van der Waals surface area contributed by atoms with Crippen LogP contribution in [0.25, 0.3) is 0 Å². The maximum atomic E-state index is 11.8. The third kappa shape index (κ3) is 4.42. The van der Waals surface area contributed by atoms with E-state index in [1.54, 1.807) is 13.0 Å². The fourth-order valence-electron chi connectivity index (χ4n) is 1.78. The zero-order valence-electron chi connectivity index (χ0n) is 11.9. The molecule has 0 aliphatic rings. The van der Waals surface area contributed by atoms with Gasteiger partial charge in [-0.1, -0.05) is 30.3 Å². The number of furan rings is 1. The van der Waals surface area contributed by atoms with E-state index < -0.39 is 5.91 Å². The molecule has 0 unspecified atom stereocenters. The second-order valence-electron chi connectivity index (χ2n) is 4.51. The van der Waals surface area contributed by atoms with Crippen LogP contribution >= 0.6 is 12.2 Å². The molecule has 0 fully saturated rings. The molecule has 0 saturated carbocycles. The molecule has 2 rings (SSSR count). The second-order valence-corrected chi connectivity index (χ2v) is 4.92. The largest absolute Gasteiger partial charge is 0.469 e. The van der Waals surface area contributed by atoms with E-state index >= 15 is 0 Å². The molecule has 1 aromatic heterocycles. The Morgan fingerprint density at radius 3 is 2.50 bits per heavy atom. The van der Waals surface area contributed by atoms with Gasteiger partial charge in [0.1, 0.15) is 5.76 Å². The van der Waals surface area contributed by atoms with Crippen LogP contribution in [-0.4, -0.2) is 16.9 Å². The van der Waals surface area contributed by atoms with Crippen LogP contribution < -0.4 is 16.2 Å². The minimum atomic E-state index is -0.397. The first-order valence-corrected chi connectivity index (χ1v) is 6.95. The SMILES string of the molecule is Cc1occc1C(=O)NNC(=S)NC(=O)Cc1ccccc1. The lowest BCUT2D eigenvalue weighted by atomic mass is 10.1. The summed E-state index contributed by atoms with van der Waals surface area (Å²) in [7, 11) is 0. The summed E-state index contributed by atoms with van der Waals surface area (Å²) in [5.74, 6) is -0.165. The number of hydrazine groups is 1. The molecule has 0 spiro atoms. The topological polar surface area (TPSA) is 83.4 Å². The Balaban J connectivity index is 1.77. The van der Waals surface area contributed by atoms with Crippen LogP contribution in [0.3, 0.4) is 0 Å². The predicted molar refractivity (Wildman–Crippen MR) is 84.9 cm³/mol. The van der Waals surface area contributed by atoms with Gasteiger partial charge < -0.3 is 9.73 Å². The maximum absolute atomic E-state index is 11.8. The standard InChI is InChI=1S/C15H15N3O3S/c1-10-12(7-8-21-10)14(20)17-18-15(22)16-13(19)9-11-5-3-2-4-6-11/h2-8H,9H2,1H3,(H,17,20)(H2,16,18,19,22). The summed E-state index contributed by atoms with van der Waals surface area (Å²) in [6.07, 6.45) is 1.63. The number of carbonyl (C=O) groups is 2. The van der Waals surface area contributed by atoms with Crippen LogP contribution in [-0.2, 0) is 11.2 Å². The minimum absolute atomic E-state index is 0.0235. The number of benzene rings is 1. The zero-order chi connectivity index (χ0) is 15.9. The van der Waals surface area contributed by atoms with Crippen molar-refractivity contribution in [1.29, 1.82) is 0 Å². The molecule has 0 bridgehead atoms. The van der Waals surface area contributed by atoms with Gasteiger partial charge in [0.15, 0.2) is 5.11 Å². The van der Waals surface area contributed by atoms with Crippen LogP contribution in [0.2, 0.25) is 0 Å². The first-order chi connectivity index (χ1) is 10.6. The van der Waals surface area contributed by atoms with Crippen molar-refractivity contribution in [3.05, 3.63) is 59.5 Å². The van der Waals surface area contributed by atoms with Gasteiger partial charge in [-0.3, -0.25) is 20.4 Å². The predicted octanol–water partition coefficient (Wildman–Crippen LogP) is 1.47. The van der Waals surface area contributed by atoms with Gasteiger partial charge in [-0.25, -0.2) is 0 Å². The van der Waals surface area contributed by atoms with E-state index in [2.05, 4.69) is 16.2 Å². The Morgan fingerprint density at radius 2 is 1.86 bits per heavy atom. The Labute approximate surface area is 132 Å². The van der Waals surface area contributed by atoms with Gasteiger partial charge in [-0.05, 0) is 30.8 Å². The number of thiocarbonyl (C=S) groups is 1. The highest BCUT2D eigenvalue weighted by atomic mass is 32.1. The van der Waals surface area contributed by atoms with Crippen molar-refractivity contribution in [2.24, 2.45) is 0 Å². The number of rotatable bonds is 3. The summed E-state index contributed by atoms with van der Waals surface area (Å²) in [4.78, 5) is 23.6. The van der Waals surface area contributed by atoms with Crippen molar-refractivity contribution in [2.45, 2.75) is 13.3 Å². The average molecular weight is 317 g/mol. The Kier molecular flexibility index (Phi) is 5.26.